The molecule has 0 aliphatic rings. The molecule has 50 heavy (non-hydrogen) atoms. The van der Waals surface area contributed by atoms with Crippen LogP contribution in [0.2, 0.25) is 0 Å². The summed E-state index contributed by atoms with van der Waals surface area (Å²) in [6.07, 6.45) is 0. The second kappa shape index (κ2) is 10.2. The third-order valence-corrected chi connectivity index (χ3v) is 13.7. The molecule has 0 unspecified atom stereocenters. The van der Waals surface area contributed by atoms with Crippen molar-refractivity contribution in [1.82, 2.24) is 9.13 Å². The molecule has 230 valence electrons. The molecule has 0 spiro atoms. The first-order valence-corrected chi connectivity index (χ1v) is 18.8. The van der Waals surface area contributed by atoms with Gasteiger partial charge in [0, 0.05) is 0 Å². The van der Waals surface area contributed by atoms with E-state index in [2.05, 4.69) is 116 Å². The predicted molar refractivity (Wildman–Crippen MR) is 212 cm³/mol. The molecular formula is C44H22N4SSe. The van der Waals surface area contributed by atoms with Gasteiger partial charge in [0.25, 0.3) is 0 Å². The fraction of sp³-hybridized carbons (Fsp3) is 0. The van der Waals surface area contributed by atoms with Crippen molar-refractivity contribution in [3.63, 3.8) is 0 Å². The summed E-state index contributed by atoms with van der Waals surface area (Å²) in [5, 5.41) is 9.73. The second-order valence-corrected chi connectivity index (χ2v) is 16.1. The second-order valence-electron chi connectivity index (χ2n) is 12.7. The zero-order valence-corrected chi connectivity index (χ0v) is 28.8. The van der Waals surface area contributed by atoms with Crippen molar-refractivity contribution in [3.8, 4) is 11.4 Å². The maximum atomic E-state index is 7.62. The average Bonchev–Trinajstić information content (AvgIpc) is 3.90. The Morgan fingerprint density at radius 1 is 0.420 bits per heavy atom. The molecule has 0 fully saturated rings. The molecule has 6 heteroatoms. The van der Waals surface area contributed by atoms with Crippen LogP contribution in [0.15, 0.2) is 133 Å². The number of thiophene rings is 1. The summed E-state index contributed by atoms with van der Waals surface area (Å²) >= 11 is 2.07. The third kappa shape index (κ3) is 3.79. The van der Waals surface area contributed by atoms with Gasteiger partial charge in [-0.1, -0.05) is 0 Å². The van der Waals surface area contributed by atoms with Gasteiger partial charge in [0.05, 0.1) is 0 Å². The number of benzene rings is 7. The zero-order valence-electron chi connectivity index (χ0n) is 26.3. The van der Waals surface area contributed by atoms with E-state index in [-0.39, 0.29) is 14.5 Å². The Kier molecular flexibility index (Phi) is 5.66. The molecule has 7 aromatic carbocycles. The van der Waals surface area contributed by atoms with Crippen LogP contribution >= 0.6 is 11.3 Å². The van der Waals surface area contributed by atoms with Crippen LogP contribution in [0.4, 0.5) is 11.4 Å². The van der Waals surface area contributed by atoms with E-state index in [9.17, 15) is 0 Å². The summed E-state index contributed by atoms with van der Waals surface area (Å²) in [6.45, 7) is 15.2. The van der Waals surface area contributed by atoms with E-state index >= 15 is 0 Å². The molecule has 0 atom stereocenters. The van der Waals surface area contributed by atoms with Crippen LogP contribution in [0.25, 0.3) is 104 Å². The average molecular weight is 718 g/mol. The van der Waals surface area contributed by atoms with Crippen LogP contribution in [0.3, 0.4) is 0 Å². The molecule has 0 N–H and O–H groups in total. The Hall–Kier alpha value is -6.14. The van der Waals surface area contributed by atoms with Crippen LogP contribution in [-0.4, -0.2) is 23.6 Å². The van der Waals surface area contributed by atoms with Crippen molar-refractivity contribution in [2.24, 2.45) is 0 Å². The van der Waals surface area contributed by atoms with Crippen LogP contribution in [0.5, 0.6) is 0 Å². The molecule has 0 aliphatic carbocycles. The fourth-order valence-corrected chi connectivity index (χ4v) is 11.3. The topological polar surface area (TPSA) is 18.6 Å². The van der Waals surface area contributed by atoms with Crippen molar-refractivity contribution < 1.29 is 0 Å². The number of hydrogen-bond acceptors (Lipinski definition) is 1. The van der Waals surface area contributed by atoms with Gasteiger partial charge >= 0.3 is 297 Å². The fourth-order valence-electron chi connectivity index (χ4n) is 7.91. The first-order valence-electron chi connectivity index (χ1n) is 16.3. The van der Waals surface area contributed by atoms with Crippen molar-refractivity contribution in [3.05, 3.63) is 156 Å². The van der Waals surface area contributed by atoms with Gasteiger partial charge in [-0.05, 0) is 0 Å². The van der Waals surface area contributed by atoms with Gasteiger partial charge < -0.3 is 0 Å². The summed E-state index contributed by atoms with van der Waals surface area (Å²) in [6, 6.07) is 47.9. The van der Waals surface area contributed by atoms with Gasteiger partial charge in [-0.2, -0.15) is 0 Å². The Labute approximate surface area is 295 Å². The molecule has 0 saturated heterocycles. The number of nitrogens with zero attached hydrogens (tertiary/aromatic N) is 4. The minimum absolute atomic E-state index is 0.210. The van der Waals surface area contributed by atoms with Crippen molar-refractivity contribution in [2.75, 3.05) is 0 Å². The molecule has 0 aliphatic heterocycles. The van der Waals surface area contributed by atoms with Gasteiger partial charge in [-0.3, -0.25) is 0 Å². The first-order chi connectivity index (χ1) is 24.7. The SMILES string of the molecule is [C-]#[N+]c1ccc2c(c1)c1cc([N+]#[C-])ccc1n2-c1ccc2[se]c3ccc(-n4c5ccccc5c5cc6c(cc54)sc4ccccc46)cc3c2c1. The molecule has 4 heterocycles. The van der Waals surface area contributed by atoms with E-state index in [0.717, 1.165) is 27.5 Å². The normalized spacial score (nSPS) is 12.0. The van der Waals surface area contributed by atoms with Gasteiger partial charge in [0.2, 0.25) is 0 Å². The van der Waals surface area contributed by atoms with Crippen LogP contribution in [0.1, 0.15) is 0 Å². The predicted octanol–water partition coefficient (Wildman–Crippen LogP) is 12.7. The van der Waals surface area contributed by atoms with Crippen molar-refractivity contribution in [1.29, 1.82) is 0 Å². The number of hydrogen-bond donors (Lipinski definition) is 0. The van der Waals surface area contributed by atoms with Gasteiger partial charge in [0.1, 0.15) is 0 Å². The molecular weight excluding hydrogens is 696 g/mol. The molecule has 0 radical (unpaired) electrons. The van der Waals surface area contributed by atoms with E-state index in [4.69, 9.17) is 13.1 Å². The van der Waals surface area contributed by atoms with E-state index < -0.39 is 0 Å². The standard InChI is InChI=1S/C44H22N4SSe/c1-45-25-11-15-38-31(19-25)32-20-26(46-2)12-16-39(32)47(38)27-13-17-43-35(21-27)36-22-28(14-18-44(36)50-43)48-37-9-5-3-7-29(37)33-23-34-30-8-4-6-10-41(30)49-42(34)24-40(33)48/h3-24H. The van der Waals surface area contributed by atoms with Crippen LogP contribution in [-0.2, 0) is 0 Å². The quantitative estimate of drug-likeness (QED) is 0.125. The van der Waals surface area contributed by atoms with Crippen LogP contribution < -0.4 is 0 Å². The number of aromatic nitrogens is 2. The van der Waals surface area contributed by atoms with Gasteiger partial charge in [-0.25, -0.2) is 0 Å². The first kappa shape index (κ1) is 27.8. The van der Waals surface area contributed by atoms with E-state index in [0.29, 0.717) is 11.4 Å². The Morgan fingerprint density at radius 2 is 0.980 bits per heavy atom. The minimum atomic E-state index is 0.210. The van der Waals surface area contributed by atoms with Crippen molar-refractivity contribution in [2.45, 2.75) is 0 Å². The summed E-state index contributed by atoms with van der Waals surface area (Å²) in [5.74, 6) is 0. The Balaban J connectivity index is 1.16. The van der Waals surface area contributed by atoms with Gasteiger partial charge in [0.15, 0.2) is 0 Å². The van der Waals surface area contributed by atoms with Gasteiger partial charge in [-0.15, -0.1) is 0 Å². The summed E-state index contributed by atoms with van der Waals surface area (Å²) < 4.78 is 10.1. The molecule has 4 aromatic heterocycles. The maximum absolute atomic E-state index is 7.62. The van der Waals surface area contributed by atoms with Crippen molar-refractivity contribution >= 4 is 120 Å². The number of rotatable bonds is 2. The van der Waals surface area contributed by atoms with E-state index in [1.54, 1.807) is 0 Å². The van der Waals surface area contributed by atoms with E-state index in [1.807, 2.05) is 47.7 Å². The molecule has 0 saturated carbocycles. The summed E-state index contributed by atoms with van der Waals surface area (Å²) in [5.41, 5.74) is 7.94. The molecule has 11 aromatic rings. The van der Waals surface area contributed by atoms with Crippen LogP contribution in [0, 0.1) is 13.1 Å². The van der Waals surface area contributed by atoms with E-state index in [1.165, 1.54) is 67.0 Å². The summed E-state index contributed by atoms with van der Waals surface area (Å²) in [4.78, 5) is 7.39. The monoisotopic (exact) mass is 718 g/mol. The number of para-hydroxylation sites is 1. The Bertz CT molecular complexity index is 3290. The Morgan fingerprint density at radius 3 is 1.64 bits per heavy atom. The third-order valence-electron chi connectivity index (χ3n) is 10.1. The molecule has 0 amide bonds. The molecule has 4 nitrogen and oxygen atoms in total. The number of fused-ring (bicyclic) bond motifs is 12. The molecule has 0 bridgehead atoms. The molecule has 11 rings (SSSR count). The summed E-state index contributed by atoms with van der Waals surface area (Å²) in [7, 11) is 0. The zero-order chi connectivity index (χ0) is 33.1.